The van der Waals surface area contributed by atoms with Crippen molar-refractivity contribution in [1.82, 2.24) is 20.2 Å². The number of carboxylic acid groups (broad SMARTS) is 1. The van der Waals surface area contributed by atoms with Crippen molar-refractivity contribution in [2.45, 2.75) is 50.6 Å². The minimum Gasteiger partial charge on any atom is -0.481 e. The first-order valence-corrected chi connectivity index (χ1v) is 7.25. The summed E-state index contributed by atoms with van der Waals surface area (Å²) in [7, 11) is 1.86. The van der Waals surface area contributed by atoms with Crippen LogP contribution in [0.25, 0.3) is 0 Å². The zero-order valence-corrected chi connectivity index (χ0v) is 12.3. The smallest absolute Gasteiger partial charge is 0.315 e. The van der Waals surface area contributed by atoms with Crippen LogP contribution in [-0.2, 0) is 18.4 Å². The lowest BCUT2D eigenvalue weighted by molar-refractivity contribution is -0.139. The Morgan fingerprint density at radius 2 is 2.10 bits per heavy atom. The summed E-state index contributed by atoms with van der Waals surface area (Å²) >= 11 is 0. The van der Waals surface area contributed by atoms with Crippen molar-refractivity contribution in [3.05, 3.63) is 18.2 Å². The van der Waals surface area contributed by atoms with Crippen LogP contribution in [0, 0.1) is 0 Å². The van der Waals surface area contributed by atoms with Crippen molar-refractivity contribution >= 4 is 12.0 Å². The Hall–Kier alpha value is -2.05. The third-order valence-corrected chi connectivity index (χ3v) is 4.01. The summed E-state index contributed by atoms with van der Waals surface area (Å²) in [6.45, 7) is 0.318. The van der Waals surface area contributed by atoms with Crippen LogP contribution in [0.4, 0.5) is 4.79 Å². The Labute approximate surface area is 123 Å². The Morgan fingerprint density at radius 3 is 2.67 bits per heavy atom. The standard InChI is InChI=1S/C14H22N4O3/c1-18-8-7-15-11(18)10-16-13(21)17-14(9-12(19)20)5-3-2-4-6-14/h7-8H,2-6,9-10H2,1H3,(H,19,20)(H2,16,17,21). The maximum absolute atomic E-state index is 12.1. The van der Waals surface area contributed by atoms with Crippen LogP contribution in [0.5, 0.6) is 0 Å². The summed E-state index contributed by atoms with van der Waals surface area (Å²) < 4.78 is 1.83. The highest BCUT2D eigenvalue weighted by atomic mass is 16.4. The average Bonchev–Trinajstić information content (AvgIpc) is 2.82. The number of carboxylic acids is 1. The van der Waals surface area contributed by atoms with E-state index in [2.05, 4.69) is 15.6 Å². The number of amides is 2. The molecule has 1 heterocycles. The van der Waals surface area contributed by atoms with Gasteiger partial charge < -0.3 is 20.3 Å². The predicted molar refractivity (Wildman–Crippen MR) is 76.6 cm³/mol. The van der Waals surface area contributed by atoms with Gasteiger partial charge in [0.15, 0.2) is 0 Å². The van der Waals surface area contributed by atoms with Gasteiger partial charge in [-0.25, -0.2) is 9.78 Å². The van der Waals surface area contributed by atoms with Crippen LogP contribution in [0.2, 0.25) is 0 Å². The molecule has 0 aliphatic heterocycles. The lowest BCUT2D eigenvalue weighted by Crippen LogP contribution is -2.54. The van der Waals surface area contributed by atoms with Gasteiger partial charge in [0.1, 0.15) is 5.82 Å². The number of carbonyl (C=O) groups excluding carboxylic acids is 1. The molecular formula is C14H22N4O3. The van der Waals surface area contributed by atoms with Gasteiger partial charge in [-0.05, 0) is 12.8 Å². The molecule has 0 aromatic carbocycles. The molecule has 1 aliphatic rings. The molecule has 1 aromatic heterocycles. The van der Waals surface area contributed by atoms with Gasteiger partial charge in [0.25, 0.3) is 0 Å². The summed E-state index contributed by atoms with van der Waals surface area (Å²) in [5.74, 6) is -0.123. The maximum Gasteiger partial charge on any atom is 0.315 e. The molecule has 21 heavy (non-hydrogen) atoms. The molecule has 7 nitrogen and oxygen atoms in total. The number of imidazole rings is 1. The van der Waals surface area contributed by atoms with Crippen molar-refractivity contribution in [2.75, 3.05) is 0 Å². The Bertz CT molecular complexity index is 506. The summed E-state index contributed by atoms with van der Waals surface area (Å²) in [5.41, 5.74) is -0.615. The van der Waals surface area contributed by atoms with Crippen LogP contribution in [0.1, 0.15) is 44.3 Å². The van der Waals surface area contributed by atoms with Gasteiger partial charge in [-0.3, -0.25) is 4.79 Å². The fourth-order valence-corrected chi connectivity index (χ4v) is 2.88. The van der Waals surface area contributed by atoms with Gasteiger partial charge in [-0.1, -0.05) is 19.3 Å². The fraction of sp³-hybridized carbons (Fsp3) is 0.643. The molecule has 0 atom stereocenters. The number of carbonyl (C=O) groups is 2. The molecule has 1 aliphatic carbocycles. The third-order valence-electron chi connectivity index (χ3n) is 4.01. The van der Waals surface area contributed by atoms with Gasteiger partial charge >= 0.3 is 12.0 Å². The topological polar surface area (TPSA) is 96.3 Å². The zero-order chi connectivity index (χ0) is 15.3. The van der Waals surface area contributed by atoms with Crippen molar-refractivity contribution in [3.8, 4) is 0 Å². The molecule has 0 bridgehead atoms. The molecule has 7 heteroatoms. The summed E-state index contributed by atoms with van der Waals surface area (Å²) in [4.78, 5) is 27.2. The highest BCUT2D eigenvalue weighted by Gasteiger charge is 2.35. The molecule has 2 rings (SSSR count). The largest absolute Gasteiger partial charge is 0.481 e. The molecule has 1 fully saturated rings. The number of hydrogen-bond donors (Lipinski definition) is 3. The number of aryl methyl sites for hydroxylation is 1. The minimum absolute atomic E-state index is 0.0250. The van der Waals surface area contributed by atoms with Crippen LogP contribution >= 0.6 is 0 Å². The number of aromatic nitrogens is 2. The molecule has 0 unspecified atom stereocenters. The van der Waals surface area contributed by atoms with E-state index in [9.17, 15) is 9.59 Å². The number of nitrogens with one attached hydrogen (secondary N) is 2. The minimum atomic E-state index is -0.874. The number of urea groups is 1. The van der Waals surface area contributed by atoms with Crippen molar-refractivity contribution in [3.63, 3.8) is 0 Å². The van der Waals surface area contributed by atoms with Gasteiger partial charge in [0.2, 0.25) is 0 Å². The molecule has 3 N–H and O–H groups in total. The summed E-state index contributed by atoms with van der Waals surface area (Å²) in [6.07, 6.45) is 7.88. The molecule has 0 radical (unpaired) electrons. The molecule has 1 saturated carbocycles. The summed E-state index contributed by atoms with van der Waals surface area (Å²) in [6, 6.07) is -0.332. The van der Waals surface area contributed by atoms with Crippen molar-refractivity contribution in [2.24, 2.45) is 7.05 Å². The van der Waals surface area contributed by atoms with Gasteiger partial charge in [-0.2, -0.15) is 0 Å². The third kappa shape index (κ3) is 4.21. The second-order valence-corrected chi connectivity index (χ2v) is 5.67. The predicted octanol–water partition coefficient (Wildman–Crippen LogP) is 1.40. The van der Waals surface area contributed by atoms with Crippen LogP contribution in [-0.4, -0.2) is 32.2 Å². The monoisotopic (exact) mass is 294 g/mol. The van der Waals surface area contributed by atoms with E-state index in [1.807, 2.05) is 17.8 Å². The molecule has 116 valence electrons. The van der Waals surface area contributed by atoms with E-state index < -0.39 is 11.5 Å². The first kappa shape index (κ1) is 15.3. The van der Waals surface area contributed by atoms with E-state index in [0.29, 0.717) is 6.54 Å². The number of nitrogens with zero attached hydrogens (tertiary/aromatic N) is 2. The Morgan fingerprint density at radius 1 is 1.38 bits per heavy atom. The first-order valence-electron chi connectivity index (χ1n) is 7.25. The van der Waals surface area contributed by atoms with Crippen LogP contribution < -0.4 is 10.6 Å². The van der Waals surface area contributed by atoms with Crippen molar-refractivity contribution < 1.29 is 14.7 Å². The maximum atomic E-state index is 12.1. The number of rotatable bonds is 5. The van der Waals surface area contributed by atoms with E-state index in [0.717, 1.165) is 37.9 Å². The van der Waals surface area contributed by atoms with Crippen LogP contribution in [0.3, 0.4) is 0 Å². The number of hydrogen-bond acceptors (Lipinski definition) is 3. The molecule has 1 aromatic rings. The van der Waals surface area contributed by atoms with Crippen molar-refractivity contribution in [1.29, 1.82) is 0 Å². The van der Waals surface area contributed by atoms with E-state index in [4.69, 9.17) is 5.11 Å². The average molecular weight is 294 g/mol. The van der Waals surface area contributed by atoms with E-state index in [1.165, 1.54) is 0 Å². The quantitative estimate of drug-likeness (QED) is 0.764. The lowest BCUT2D eigenvalue weighted by Gasteiger charge is -2.36. The second-order valence-electron chi connectivity index (χ2n) is 5.67. The van der Waals surface area contributed by atoms with E-state index >= 15 is 0 Å². The van der Waals surface area contributed by atoms with E-state index in [-0.39, 0.29) is 12.5 Å². The number of aliphatic carboxylic acids is 1. The molecule has 0 spiro atoms. The zero-order valence-electron chi connectivity index (χ0n) is 12.3. The summed E-state index contributed by atoms with van der Waals surface area (Å²) in [5, 5.41) is 14.7. The molecule has 0 saturated heterocycles. The molecule has 2 amide bonds. The van der Waals surface area contributed by atoms with Gasteiger partial charge in [0, 0.05) is 19.4 Å². The van der Waals surface area contributed by atoms with Gasteiger partial charge in [-0.15, -0.1) is 0 Å². The van der Waals surface area contributed by atoms with Gasteiger partial charge in [0.05, 0.1) is 18.5 Å². The SMILES string of the molecule is Cn1ccnc1CNC(=O)NC1(CC(=O)O)CCCCC1. The molecular weight excluding hydrogens is 272 g/mol. The fourth-order valence-electron chi connectivity index (χ4n) is 2.88. The Balaban J connectivity index is 1.91. The second kappa shape index (κ2) is 6.60. The highest BCUT2D eigenvalue weighted by Crippen LogP contribution is 2.31. The normalized spacial score (nSPS) is 17.2. The lowest BCUT2D eigenvalue weighted by atomic mass is 9.79. The first-order chi connectivity index (χ1) is 10.0. The highest BCUT2D eigenvalue weighted by molar-refractivity contribution is 5.76. The van der Waals surface area contributed by atoms with E-state index in [1.54, 1.807) is 6.20 Å². The Kier molecular flexibility index (Phi) is 4.82. The van der Waals surface area contributed by atoms with Crippen LogP contribution in [0.15, 0.2) is 12.4 Å².